The maximum atomic E-state index is 7.76. The van der Waals surface area contributed by atoms with E-state index in [-0.39, 0.29) is 10.8 Å². The summed E-state index contributed by atoms with van der Waals surface area (Å²) in [6, 6.07) is 0. The first-order valence-electron chi connectivity index (χ1n) is 5.57. The molecule has 0 amide bonds. The molecule has 84 valence electrons. The summed E-state index contributed by atoms with van der Waals surface area (Å²) in [4.78, 5) is 0. The second-order valence-corrected chi connectivity index (χ2v) is 6.06. The van der Waals surface area contributed by atoms with E-state index >= 15 is 0 Å². The number of rotatable bonds is 0. The van der Waals surface area contributed by atoms with Gasteiger partial charge in [0, 0.05) is 0 Å². The quantitative estimate of drug-likeness (QED) is 0.605. The Labute approximate surface area is 92.8 Å². The summed E-state index contributed by atoms with van der Waals surface area (Å²) >= 11 is 0. The molecule has 0 aromatic heterocycles. The summed E-state index contributed by atoms with van der Waals surface area (Å²) in [6.45, 7) is 8.91. The molecule has 0 bridgehead atoms. The minimum Gasteiger partial charge on any atom is -0.303 e. The Bertz CT molecular complexity index is 308. The van der Waals surface area contributed by atoms with E-state index in [2.05, 4.69) is 33.8 Å². The average Bonchev–Trinajstić information content (AvgIpc) is 2.10. The van der Waals surface area contributed by atoms with Gasteiger partial charge < -0.3 is 5.41 Å². The zero-order valence-corrected chi connectivity index (χ0v) is 10.3. The molecule has 0 radical (unpaired) electrons. The summed E-state index contributed by atoms with van der Waals surface area (Å²) in [6.07, 6.45) is 6.71. The number of hydrogen-bond donors (Lipinski definition) is 2. The first-order valence-corrected chi connectivity index (χ1v) is 5.57. The summed E-state index contributed by atoms with van der Waals surface area (Å²) in [5, 5.41) is 15.5. The molecule has 0 aromatic carbocycles. The lowest BCUT2D eigenvalue weighted by Crippen LogP contribution is -2.21. The fourth-order valence-corrected chi connectivity index (χ4v) is 2.39. The first-order chi connectivity index (χ1) is 6.72. The standard InChI is InChI=1S/C13H22N2/c1-12(2)7-5-10(14)11(15)6-8-13(3,4)9-12/h5,7,14-15H,6,8-9H2,1-4H3. The first kappa shape index (κ1) is 12.2. The smallest absolute Gasteiger partial charge is 0.0744 e. The molecule has 0 fully saturated rings. The van der Waals surface area contributed by atoms with Crippen molar-refractivity contribution in [3.05, 3.63) is 12.2 Å². The predicted octanol–water partition coefficient (Wildman–Crippen LogP) is 3.82. The summed E-state index contributed by atoms with van der Waals surface area (Å²) in [5.74, 6) is 0. The molecule has 2 heteroatoms. The van der Waals surface area contributed by atoms with Gasteiger partial charge in [0.1, 0.15) is 0 Å². The van der Waals surface area contributed by atoms with Gasteiger partial charge in [-0.3, -0.25) is 5.41 Å². The van der Waals surface area contributed by atoms with E-state index in [1.165, 1.54) is 0 Å². The molecule has 0 aromatic rings. The van der Waals surface area contributed by atoms with Gasteiger partial charge >= 0.3 is 0 Å². The molecule has 0 heterocycles. The van der Waals surface area contributed by atoms with Crippen LogP contribution in [0, 0.1) is 21.6 Å². The van der Waals surface area contributed by atoms with Crippen LogP contribution in [0.15, 0.2) is 12.2 Å². The second kappa shape index (κ2) is 3.92. The third-order valence-electron chi connectivity index (χ3n) is 3.01. The van der Waals surface area contributed by atoms with Crippen molar-refractivity contribution in [3.63, 3.8) is 0 Å². The third-order valence-corrected chi connectivity index (χ3v) is 3.01. The lowest BCUT2D eigenvalue weighted by atomic mass is 9.73. The van der Waals surface area contributed by atoms with Gasteiger partial charge in [0.25, 0.3) is 0 Å². The van der Waals surface area contributed by atoms with Crippen LogP contribution < -0.4 is 0 Å². The Balaban J connectivity index is 2.96. The third kappa shape index (κ3) is 3.61. The molecular weight excluding hydrogens is 184 g/mol. The Hall–Kier alpha value is -0.920. The molecule has 0 spiro atoms. The Morgan fingerprint density at radius 1 is 1.13 bits per heavy atom. The lowest BCUT2D eigenvalue weighted by molar-refractivity contribution is 0.225. The molecule has 2 N–H and O–H groups in total. The van der Waals surface area contributed by atoms with Gasteiger partial charge in [0.15, 0.2) is 0 Å². The molecule has 0 saturated heterocycles. The fourth-order valence-electron chi connectivity index (χ4n) is 2.39. The van der Waals surface area contributed by atoms with Crippen molar-refractivity contribution in [2.45, 2.75) is 47.0 Å². The number of allylic oxidation sites excluding steroid dienone is 2. The van der Waals surface area contributed by atoms with E-state index in [0.717, 1.165) is 19.3 Å². The fraction of sp³-hybridized carbons (Fsp3) is 0.692. The molecule has 0 atom stereocenters. The molecule has 0 saturated carbocycles. The van der Waals surface area contributed by atoms with E-state index in [9.17, 15) is 0 Å². The molecule has 0 aliphatic heterocycles. The van der Waals surface area contributed by atoms with Crippen LogP contribution in [0.2, 0.25) is 0 Å². The van der Waals surface area contributed by atoms with Gasteiger partial charge in [0.2, 0.25) is 0 Å². The molecule has 2 nitrogen and oxygen atoms in total. The maximum absolute atomic E-state index is 7.76. The Morgan fingerprint density at radius 3 is 2.33 bits per heavy atom. The van der Waals surface area contributed by atoms with E-state index in [1.807, 2.05) is 0 Å². The predicted molar refractivity (Wildman–Crippen MR) is 66.0 cm³/mol. The van der Waals surface area contributed by atoms with Gasteiger partial charge in [-0.2, -0.15) is 0 Å². The topological polar surface area (TPSA) is 47.7 Å². The van der Waals surface area contributed by atoms with Crippen LogP contribution in [-0.4, -0.2) is 11.4 Å². The highest BCUT2D eigenvalue weighted by Gasteiger charge is 2.28. The van der Waals surface area contributed by atoms with Crippen molar-refractivity contribution in [1.29, 1.82) is 10.8 Å². The normalized spacial score (nSPS) is 25.6. The minimum absolute atomic E-state index is 0.125. The molecule has 15 heavy (non-hydrogen) atoms. The highest BCUT2D eigenvalue weighted by molar-refractivity contribution is 6.44. The SMILES string of the molecule is CC1(C)C=CC(=N)C(=N)CCC(C)(C)C1. The van der Waals surface area contributed by atoms with Crippen LogP contribution in [0.25, 0.3) is 0 Å². The zero-order valence-electron chi connectivity index (χ0n) is 10.3. The van der Waals surface area contributed by atoms with E-state index in [4.69, 9.17) is 10.8 Å². The molecule has 1 aliphatic carbocycles. The highest BCUT2D eigenvalue weighted by Crippen LogP contribution is 2.38. The van der Waals surface area contributed by atoms with Crippen molar-refractivity contribution in [1.82, 2.24) is 0 Å². The van der Waals surface area contributed by atoms with Gasteiger partial charge in [0.05, 0.1) is 11.4 Å². The largest absolute Gasteiger partial charge is 0.303 e. The van der Waals surface area contributed by atoms with Crippen LogP contribution in [0.3, 0.4) is 0 Å². The molecule has 1 rings (SSSR count). The summed E-state index contributed by atoms with van der Waals surface area (Å²) in [5.41, 5.74) is 1.23. The van der Waals surface area contributed by atoms with Crippen molar-refractivity contribution >= 4 is 11.4 Å². The minimum atomic E-state index is 0.125. The average molecular weight is 206 g/mol. The zero-order chi connectivity index (χ0) is 11.7. The van der Waals surface area contributed by atoms with Crippen molar-refractivity contribution < 1.29 is 0 Å². The summed E-state index contributed by atoms with van der Waals surface area (Å²) < 4.78 is 0. The van der Waals surface area contributed by atoms with Gasteiger partial charge in [-0.15, -0.1) is 0 Å². The summed E-state index contributed by atoms with van der Waals surface area (Å²) in [7, 11) is 0. The highest BCUT2D eigenvalue weighted by atomic mass is 14.5. The second-order valence-electron chi connectivity index (χ2n) is 6.06. The van der Waals surface area contributed by atoms with Gasteiger partial charge in [-0.1, -0.05) is 33.8 Å². The van der Waals surface area contributed by atoms with E-state index in [1.54, 1.807) is 6.08 Å². The maximum Gasteiger partial charge on any atom is 0.0744 e. The van der Waals surface area contributed by atoms with Crippen LogP contribution in [0.4, 0.5) is 0 Å². The number of nitrogens with one attached hydrogen (secondary N) is 2. The van der Waals surface area contributed by atoms with E-state index in [0.29, 0.717) is 11.4 Å². The molecule has 1 aliphatic rings. The van der Waals surface area contributed by atoms with E-state index < -0.39 is 0 Å². The van der Waals surface area contributed by atoms with Gasteiger partial charge in [-0.05, 0) is 36.2 Å². The monoisotopic (exact) mass is 206 g/mol. The van der Waals surface area contributed by atoms with Crippen molar-refractivity contribution in [3.8, 4) is 0 Å². The lowest BCUT2D eigenvalue weighted by Gasteiger charge is -2.32. The van der Waals surface area contributed by atoms with Crippen molar-refractivity contribution in [2.24, 2.45) is 10.8 Å². The molecular formula is C13H22N2. The Morgan fingerprint density at radius 2 is 1.73 bits per heavy atom. The van der Waals surface area contributed by atoms with Crippen LogP contribution in [-0.2, 0) is 0 Å². The van der Waals surface area contributed by atoms with Crippen LogP contribution in [0.1, 0.15) is 47.0 Å². The number of hydrogen-bond acceptors (Lipinski definition) is 2. The van der Waals surface area contributed by atoms with Gasteiger partial charge in [-0.25, -0.2) is 0 Å². The molecule has 0 unspecified atom stereocenters. The van der Waals surface area contributed by atoms with Crippen LogP contribution in [0.5, 0.6) is 0 Å². The van der Waals surface area contributed by atoms with Crippen LogP contribution >= 0.6 is 0 Å². The Kier molecular flexibility index (Phi) is 3.17. The van der Waals surface area contributed by atoms with Crippen molar-refractivity contribution in [2.75, 3.05) is 0 Å².